The van der Waals surface area contributed by atoms with Gasteiger partial charge in [-0.2, -0.15) is 0 Å². The maximum Gasteiger partial charge on any atom is 0.220 e. The van der Waals surface area contributed by atoms with E-state index in [9.17, 15) is 4.79 Å². The Morgan fingerprint density at radius 1 is 1.35 bits per heavy atom. The molecule has 1 saturated heterocycles. The molecule has 1 fully saturated rings. The van der Waals surface area contributed by atoms with Crippen molar-refractivity contribution in [2.24, 2.45) is 11.8 Å². The highest BCUT2D eigenvalue weighted by atomic mass is 16.5. The molecule has 1 aliphatic rings. The number of piperidine rings is 1. The number of hydrogen-bond acceptors (Lipinski definition) is 5. The lowest BCUT2D eigenvalue weighted by Crippen LogP contribution is -2.40. The average Bonchev–Trinajstić information content (AvgIpc) is 3.10. The van der Waals surface area contributed by atoms with Gasteiger partial charge in [-0.25, -0.2) is 0 Å². The summed E-state index contributed by atoms with van der Waals surface area (Å²) in [5, 5.41) is 10.6. The summed E-state index contributed by atoms with van der Waals surface area (Å²) in [4.78, 5) is 12.4. The minimum Gasteiger partial charge on any atom is -0.377 e. The van der Waals surface area contributed by atoms with Gasteiger partial charge in [0.25, 0.3) is 0 Å². The van der Waals surface area contributed by atoms with Gasteiger partial charge in [-0.05, 0) is 43.3 Å². The summed E-state index contributed by atoms with van der Waals surface area (Å²) in [6.45, 7) is 2.88. The van der Waals surface area contributed by atoms with Crippen LogP contribution in [0.5, 0.6) is 0 Å². The van der Waals surface area contributed by atoms with Crippen LogP contribution < -0.4 is 10.6 Å². The highest BCUT2D eigenvalue weighted by Crippen LogP contribution is 2.26. The lowest BCUT2D eigenvalue weighted by molar-refractivity contribution is -0.122. The molecule has 0 radical (unpaired) electrons. The van der Waals surface area contributed by atoms with Gasteiger partial charge >= 0.3 is 0 Å². The molecule has 3 rings (SSSR count). The molecule has 6 heteroatoms. The summed E-state index contributed by atoms with van der Waals surface area (Å²) >= 11 is 0. The quantitative estimate of drug-likeness (QED) is 0.758. The number of hydrogen-bond donors (Lipinski definition) is 2. The zero-order chi connectivity index (χ0) is 18.2. The summed E-state index contributed by atoms with van der Waals surface area (Å²) in [5.41, 5.74) is 2.05. The molecule has 6 nitrogen and oxygen atoms in total. The number of carbonyl (C=O) groups excluding carboxylic acids is 1. The van der Waals surface area contributed by atoms with Gasteiger partial charge in [-0.1, -0.05) is 35.5 Å². The van der Waals surface area contributed by atoms with E-state index in [-0.39, 0.29) is 5.91 Å². The van der Waals surface area contributed by atoms with Crippen LogP contribution in [0.3, 0.4) is 0 Å². The third-order valence-corrected chi connectivity index (χ3v) is 4.91. The van der Waals surface area contributed by atoms with Gasteiger partial charge in [0, 0.05) is 26.1 Å². The van der Waals surface area contributed by atoms with Crippen molar-refractivity contribution in [3.63, 3.8) is 0 Å². The van der Waals surface area contributed by atoms with Crippen LogP contribution in [0.1, 0.15) is 29.9 Å². The zero-order valence-electron chi connectivity index (χ0n) is 15.2. The Morgan fingerprint density at radius 2 is 2.19 bits per heavy atom. The Balaban J connectivity index is 1.51. The van der Waals surface area contributed by atoms with Crippen molar-refractivity contribution in [2.75, 3.05) is 20.2 Å². The van der Waals surface area contributed by atoms with Crippen LogP contribution >= 0.6 is 0 Å². The third-order valence-electron chi connectivity index (χ3n) is 4.91. The number of rotatable bonds is 8. The molecule has 140 valence electrons. The van der Waals surface area contributed by atoms with E-state index in [1.807, 2.05) is 36.4 Å². The molecular formula is C20H27N3O3. The molecule has 2 aromatic rings. The molecule has 2 N–H and O–H groups in total. The number of ether oxygens (including phenoxy) is 1. The largest absolute Gasteiger partial charge is 0.377 e. The van der Waals surface area contributed by atoms with Gasteiger partial charge in [0.15, 0.2) is 5.76 Å². The van der Waals surface area contributed by atoms with E-state index >= 15 is 0 Å². The van der Waals surface area contributed by atoms with Crippen molar-refractivity contribution < 1.29 is 14.1 Å². The maximum atomic E-state index is 12.4. The summed E-state index contributed by atoms with van der Waals surface area (Å²) < 4.78 is 10.3. The third kappa shape index (κ3) is 5.41. The topological polar surface area (TPSA) is 76.4 Å². The van der Waals surface area contributed by atoms with Crippen LogP contribution in [0.15, 0.2) is 40.9 Å². The normalized spacial score (nSPS) is 20.0. The van der Waals surface area contributed by atoms with Crippen molar-refractivity contribution >= 4 is 5.91 Å². The van der Waals surface area contributed by atoms with Gasteiger partial charge in [0.2, 0.25) is 5.91 Å². The number of amides is 1. The average molecular weight is 357 g/mol. The second-order valence-electron chi connectivity index (χ2n) is 6.90. The molecule has 0 saturated carbocycles. The van der Waals surface area contributed by atoms with Crippen LogP contribution in [0.2, 0.25) is 0 Å². The predicted molar refractivity (Wildman–Crippen MR) is 98.3 cm³/mol. The molecule has 1 aromatic heterocycles. The molecule has 1 aliphatic heterocycles. The Morgan fingerprint density at radius 3 is 3.00 bits per heavy atom. The minimum atomic E-state index is 0.117. The lowest BCUT2D eigenvalue weighted by atomic mass is 9.81. The highest BCUT2D eigenvalue weighted by Gasteiger charge is 2.28. The number of nitrogens with one attached hydrogen (secondary N) is 2. The van der Waals surface area contributed by atoms with Gasteiger partial charge in [0.05, 0.1) is 5.69 Å². The highest BCUT2D eigenvalue weighted by molar-refractivity contribution is 5.76. The van der Waals surface area contributed by atoms with E-state index in [0.29, 0.717) is 31.4 Å². The first-order valence-corrected chi connectivity index (χ1v) is 9.19. The van der Waals surface area contributed by atoms with Crippen molar-refractivity contribution in [1.29, 1.82) is 0 Å². The second kappa shape index (κ2) is 9.50. The summed E-state index contributed by atoms with van der Waals surface area (Å²) in [6, 6.07) is 11.9. The number of carbonyl (C=O) groups is 1. The van der Waals surface area contributed by atoms with Crippen LogP contribution in [-0.4, -0.2) is 31.3 Å². The molecule has 2 heterocycles. The van der Waals surface area contributed by atoms with Crippen molar-refractivity contribution in [3.05, 3.63) is 53.4 Å². The Kier molecular flexibility index (Phi) is 6.80. The SMILES string of the molecule is COCc1cc(CC2CNCCC2CC(=O)NCc2ccccc2)no1. The lowest BCUT2D eigenvalue weighted by Gasteiger charge is -2.31. The number of nitrogens with zero attached hydrogens (tertiary/aromatic N) is 1. The van der Waals surface area contributed by atoms with E-state index in [1.54, 1.807) is 7.11 Å². The molecule has 1 amide bonds. The molecule has 26 heavy (non-hydrogen) atoms. The first-order chi connectivity index (χ1) is 12.7. The first-order valence-electron chi connectivity index (χ1n) is 9.19. The summed E-state index contributed by atoms with van der Waals surface area (Å²) in [5.74, 6) is 1.59. The van der Waals surface area contributed by atoms with Crippen LogP contribution in [0, 0.1) is 11.8 Å². The number of aromatic nitrogens is 1. The van der Waals surface area contributed by atoms with Gasteiger partial charge in [0.1, 0.15) is 6.61 Å². The first kappa shape index (κ1) is 18.6. The van der Waals surface area contributed by atoms with Gasteiger partial charge < -0.3 is 19.9 Å². The maximum absolute atomic E-state index is 12.4. The molecule has 2 atom stereocenters. The molecule has 0 bridgehead atoms. The molecule has 0 aliphatic carbocycles. The van der Waals surface area contributed by atoms with E-state index in [2.05, 4.69) is 15.8 Å². The van der Waals surface area contributed by atoms with Gasteiger partial charge in [-0.3, -0.25) is 4.79 Å². The fraction of sp³-hybridized carbons (Fsp3) is 0.500. The predicted octanol–water partition coefficient (Wildman–Crippen LogP) is 2.30. The van der Waals surface area contributed by atoms with E-state index in [0.717, 1.165) is 42.9 Å². The van der Waals surface area contributed by atoms with Crippen LogP contribution in [0.4, 0.5) is 0 Å². The monoisotopic (exact) mass is 357 g/mol. The summed E-state index contributed by atoms with van der Waals surface area (Å²) in [6.07, 6.45) is 2.38. The van der Waals surface area contributed by atoms with E-state index < -0.39 is 0 Å². The smallest absolute Gasteiger partial charge is 0.220 e. The Bertz CT molecular complexity index is 687. The van der Waals surface area contributed by atoms with Crippen LogP contribution in [0.25, 0.3) is 0 Å². The zero-order valence-corrected chi connectivity index (χ0v) is 15.2. The fourth-order valence-corrected chi connectivity index (χ4v) is 3.52. The second-order valence-corrected chi connectivity index (χ2v) is 6.90. The van der Waals surface area contributed by atoms with Crippen molar-refractivity contribution in [2.45, 2.75) is 32.4 Å². The van der Waals surface area contributed by atoms with Crippen molar-refractivity contribution in [1.82, 2.24) is 15.8 Å². The molecule has 1 aromatic carbocycles. The fourth-order valence-electron chi connectivity index (χ4n) is 3.52. The Hall–Kier alpha value is -2.18. The van der Waals surface area contributed by atoms with E-state index in [1.165, 1.54) is 0 Å². The molecule has 2 unspecified atom stereocenters. The van der Waals surface area contributed by atoms with E-state index in [4.69, 9.17) is 9.26 Å². The molecular weight excluding hydrogens is 330 g/mol. The number of benzene rings is 1. The van der Waals surface area contributed by atoms with Gasteiger partial charge in [-0.15, -0.1) is 0 Å². The Labute approximate surface area is 154 Å². The van der Waals surface area contributed by atoms with Crippen LogP contribution in [-0.2, 0) is 29.1 Å². The van der Waals surface area contributed by atoms with Crippen molar-refractivity contribution in [3.8, 4) is 0 Å². The minimum absolute atomic E-state index is 0.117. The molecule has 0 spiro atoms. The standard InChI is InChI=1S/C20H27N3O3/c1-25-14-19-11-18(23-26-19)9-17-13-21-8-7-16(17)10-20(24)22-12-15-5-3-2-4-6-15/h2-6,11,16-17,21H,7-10,12-14H2,1H3,(H,22,24). The number of methoxy groups -OCH3 is 1. The summed E-state index contributed by atoms with van der Waals surface area (Å²) in [7, 11) is 1.64.